The van der Waals surface area contributed by atoms with E-state index in [9.17, 15) is 19.2 Å². The lowest BCUT2D eigenvalue weighted by molar-refractivity contribution is -0.143. The first kappa shape index (κ1) is 16.9. The minimum absolute atomic E-state index is 0.0916. The van der Waals surface area contributed by atoms with Gasteiger partial charge in [0, 0.05) is 13.5 Å². The molecule has 2 fully saturated rings. The molecule has 1 unspecified atom stereocenters. The number of nitrogens with one attached hydrogen (secondary N) is 1. The second-order valence-electron chi connectivity index (χ2n) is 5.69. The number of hydrogen-bond donors (Lipinski definition) is 1. The molecule has 25 heavy (non-hydrogen) atoms. The molecule has 0 aliphatic carbocycles. The molecule has 1 N–H and O–H groups in total. The van der Waals surface area contributed by atoms with E-state index in [1.165, 1.54) is 7.05 Å². The van der Waals surface area contributed by atoms with E-state index in [2.05, 4.69) is 5.32 Å². The molecule has 132 valence electrons. The van der Waals surface area contributed by atoms with Gasteiger partial charge < -0.3 is 14.8 Å². The number of urea groups is 1. The van der Waals surface area contributed by atoms with Crippen LogP contribution in [0.4, 0.5) is 10.5 Å². The maximum absolute atomic E-state index is 12.2. The minimum Gasteiger partial charge on any atom is -0.486 e. The highest BCUT2D eigenvalue weighted by molar-refractivity contribution is 6.44. The second-order valence-corrected chi connectivity index (χ2v) is 5.69. The lowest BCUT2D eigenvalue weighted by Gasteiger charge is -2.17. The van der Waals surface area contributed by atoms with Crippen LogP contribution < -0.4 is 10.1 Å². The van der Waals surface area contributed by atoms with Gasteiger partial charge in [-0.2, -0.15) is 0 Å². The molecular weight excluding hydrogens is 330 g/mol. The summed E-state index contributed by atoms with van der Waals surface area (Å²) in [4.78, 5) is 48.4. The van der Waals surface area contributed by atoms with Gasteiger partial charge in [0.2, 0.25) is 5.91 Å². The van der Waals surface area contributed by atoms with Crippen LogP contribution >= 0.6 is 0 Å². The van der Waals surface area contributed by atoms with Crippen molar-refractivity contribution in [1.82, 2.24) is 9.80 Å². The molecule has 1 atom stereocenters. The van der Waals surface area contributed by atoms with Crippen LogP contribution in [0.3, 0.4) is 0 Å². The zero-order valence-corrected chi connectivity index (χ0v) is 13.6. The number of likely N-dealkylation sites (N-methyl/N-ethyl adjacent to an activating group) is 1. The molecule has 2 saturated heterocycles. The Labute approximate surface area is 143 Å². The van der Waals surface area contributed by atoms with Gasteiger partial charge in [-0.05, 0) is 12.1 Å². The monoisotopic (exact) mass is 347 g/mol. The molecule has 1 aromatic rings. The van der Waals surface area contributed by atoms with E-state index in [1.807, 2.05) is 0 Å². The highest BCUT2D eigenvalue weighted by Gasteiger charge is 2.43. The molecule has 2 heterocycles. The van der Waals surface area contributed by atoms with Crippen molar-refractivity contribution in [2.45, 2.75) is 12.5 Å². The summed E-state index contributed by atoms with van der Waals surface area (Å²) in [5.41, 5.74) is 0.415. The van der Waals surface area contributed by atoms with Crippen LogP contribution in [0, 0.1) is 0 Å². The molecule has 0 saturated carbocycles. The molecule has 5 amide bonds. The Balaban J connectivity index is 1.66. The van der Waals surface area contributed by atoms with Gasteiger partial charge in [-0.3, -0.25) is 19.3 Å². The van der Waals surface area contributed by atoms with Crippen molar-refractivity contribution >= 4 is 29.4 Å². The Kier molecular flexibility index (Phi) is 4.66. The molecule has 2 aliphatic rings. The van der Waals surface area contributed by atoms with Crippen molar-refractivity contribution in [2.24, 2.45) is 0 Å². The van der Waals surface area contributed by atoms with E-state index in [0.717, 1.165) is 6.42 Å². The molecule has 3 rings (SSSR count). The van der Waals surface area contributed by atoms with Crippen LogP contribution in [0.15, 0.2) is 24.3 Å². The first-order valence-electron chi connectivity index (χ1n) is 7.74. The number of benzene rings is 1. The third-order valence-electron chi connectivity index (χ3n) is 3.89. The average Bonchev–Trinajstić information content (AvgIpc) is 3.17. The summed E-state index contributed by atoms with van der Waals surface area (Å²) >= 11 is 0. The Bertz CT molecular complexity index is 728. The number of carbonyl (C=O) groups is 4. The molecule has 9 nitrogen and oxygen atoms in total. The van der Waals surface area contributed by atoms with Crippen LogP contribution in [-0.4, -0.2) is 66.5 Å². The van der Waals surface area contributed by atoms with Crippen LogP contribution in [0.2, 0.25) is 0 Å². The summed E-state index contributed by atoms with van der Waals surface area (Å²) in [6.45, 7) is 0.558. The third kappa shape index (κ3) is 3.45. The average molecular weight is 347 g/mol. The SMILES string of the molecule is CN1C(=O)C(=O)N(CC(=O)Nc2ccccc2OC2CCOC2)C1=O. The molecule has 0 bridgehead atoms. The minimum atomic E-state index is -1.02. The first-order valence-corrected chi connectivity index (χ1v) is 7.74. The molecule has 2 aliphatic heterocycles. The van der Waals surface area contributed by atoms with Crippen molar-refractivity contribution < 1.29 is 28.7 Å². The fourth-order valence-corrected chi connectivity index (χ4v) is 2.54. The van der Waals surface area contributed by atoms with Gasteiger partial charge in [0.15, 0.2) is 0 Å². The zero-order valence-electron chi connectivity index (χ0n) is 13.6. The summed E-state index contributed by atoms with van der Waals surface area (Å²) in [5.74, 6) is -2.11. The van der Waals surface area contributed by atoms with Crippen LogP contribution in [0.5, 0.6) is 5.75 Å². The molecule has 1 aromatic carbocycles. The lowest BCUT2D eigenvalue weighted by atomic mass is 10.2. The van der Waals surface area contributed by atoms with E-state index in [-0.39, 0.29) is 6.10 Å². The number of amides is 5. The molecule has 9 heteroatoms. The van der Waals surface area contributed by atoms with Gasteiger partial charge in [-0.25, -0.2) is 9.69 Å². The largest absolute Gasteiger partial charge is 0.486 e. The van der Waals surface area contributed by atoms with Crippen LogP contribution in [0.1, 0.15) is 6.42 Å². The smallest absolute Gasteiger partial charge is 0.334 e. The Morgan fingerprint density at radius 1 is 1.28 bits per heavy atom. The number of anilines is 1. The summed E-state index contributed by atoms with van der Waals surface area (Å²) < 4.78 is 11.1. The predicted octanol–water partition coefficient (Wildman–Crippen LogP) is 0.213. The van der Waals surface area contributed by atoms with Gasteiger partial charge >= 0.3 is 17.8 Å². The molecule has 0 radical (unpaired) electrons. The summed E-state index contributed by atoms with van der Waals surface area (Å²) in [5, 5.41) is 2.60. The van der Waals surface area contributed by atoms with Crippen molar-refractivity contribution in [2.75, 3.05) is 32.1 Å². The van der Waals surface area contributed by atoms with Crippen LogP contribution in [-0.2, 0) is 19.1 Å². The van der Waals surface area contributed by atoms with E-state index in [1.54, 1.807) is 24.3 Å². The Morgan fingerprint density at radius 2 is 2.04 bits per heavy atom. The Hall–Kier alpha value is -2.94. The fraction of sp³-hybridized carbons (Fsp3) is 0.375. The van der Waals surface area contributed by atoms with E-state index < -0.39 is 30.3 Å². The molecule has 0 spiro atoms. The van der Waals surface area contributed by atoms with Crippen molar-refractivity contribution in [3.63, 3.8) is 0 Å². The van der Waals surface area contributed by atoms with Crippen molar-refractivity contribution in [1.29, 1.82) is 0 Å². The number of ether oxygens (including phenoxy) is 2. The normalized spacial score (nSPS) is 20.4. The van der Waals surface area contributed by atoms with Gasteiger partial charge in [0.25, 0.3) is 0 Å². The summed E-state index contributed by atoms with van der Waals surface area (Å²) in [7, 11) is 1.19. The standard InChI is InChI=1S/C16H17N3O6/c1-18-14(21)15(22)19(16(18)23)8-13(20)17-11-4-2-3-5-12(11)25-10-6-7-24-9-10/h2-5,10H,6-9H2,1H3,(H,17,20). The van der Waals surface area contributed by atoms with Gasteiger partial charge in [0.05, 0.1) is 18.9 Å². The maximum Gasteiger partial charge on any atom is 0.334 e. The third-order valence-corrected chi connectivity index (χ3v) is 3.89. The highest BCUT2D eigenvalue weighted by atomic mass is 16.5. The highest BCUT2D eigenvalue weighted by Crippen LogP contribution is 2.26. The summed E-state index contributed by atoms with van der Waals surface area (Å²) in [6.07, 6.45) is 0.666. The Morgan fingerprint density at radius 3 is 2.68 bits per heavy atom. The van der Waals surface area contributed by atoms with Crippen molar-refractivity contribution in [3.05, 3.63) is 24.3 Å². The van der Waals surface area contributed by atoms with Gasteiger partial charge in [-0.15, -0.1) is 0 Å². The number of para-hydroxylation sites is 2. The van der Waals surface area contributed by atoms with E-state index >= 15 is 0 Å². The van der Waals surface area contributed by atoms with E-state index in [4.69, 9.17) is 9.47 Å². The molecule has 0 aromatic heterocycles. The predicted molar refractivity (Wildman–Crippen MR) is 84.8 cm³/mol. The first-order chi connectivity index (χ1) is 12.0. The molecular formula is C16H17N3O6. The number of hydrogen-bond acceptors (Lipinski definition) is 6. The topological polar surface area (TPSA) is 105 Å². The maximum atomic E-state index is 12.2. The summed E-state index contributed by atoms with van der Waals surface area (Å²) in [6, 6.07) is 6.02. The fourth-order valence-electron chi connectivity index (χ4n) is 2.54. The zero-order chi connectivity index (χ0) is 18.0. The van der Waals surface area contributed by atoms with Gasteiger partial charge in [-0.1, -0.05) is 12.1 Å². The van der Waals surface area contributed by atoms with Crippen molar-refractivity contribution in [3.8, 4) is 5.75 Å². The van der Waals surface area contributed by atoms with Gasteiger partial charge in [0.1, 0.15) is 18.4 Å². The number of imide groups is 2. The second kappa shape index (κ2) is 6.89. The van der Waals surface area contributed by atoms with Crippen LogP contribution in [0.25, 0.3) is 0 Å². The lowest BCUT2D eigenvalue weighted by Crippen LogP contribution is -2.38. The quantitative estimate of drug-likeness (QED) is 0.603. The number of nitrogens with zero attached hydrogens (tertiary/aromatic N) is 2. The number of carbonyl (C=O) groups excluding carboxylic acids is 4. The number of rotatable bonds is 5. The van der Waals surface area contributed by atoms with E-state index in [0.29, 0.717) is 34.5 Å².